The van der Waals surface area contributed by atoms with E-state index in [0.717, 1.165) is 31.4 Å². The van der Waals surface area contributed by atoms with Gasteiger partial charge in [0.1, 0.15) is 11.2 Å². The number of amides is 1. The Hall–Kier alpha value is -0.353. The molecule has 0 bridgehead atoms. The van der Waals surface area contributed by atoms with Crippen LogP contribution in [-0.2, 0) is 18.4 Å². The van der Waals surface area contributed by atoms with Gasteiger partial charge in [0, 0.05) is 6.04 Å². The van der Waals surface area contributed by atoms with Crippen molar-refractivity contribution in [2.75, 3.05) is 13.2 Å². The first-order valence-corrected chi connectivity index (χ1v) is 19.5. The number of nitrogens with zero attached hydrogens (tertiary/aromatic N) is 1. The molecule has 2 heterocycles. The molecule has 3 atom stereocenters. The van der Waals surface area contributed by atoms with Crippen molar-refractivity contribution in [2.45, 2.75) is 83.3 Å². The van der Waals surface area contributed by atoms with Crippen LogP contribution in [0, 0.1) is 11.6 Å². The summed E-state index contributed by atoms with van der Waals surface area (Å²) in [4.78, 5) is 15.1. The molecule has 1 amide bonds. The van der Waals surface area contributed by atoms with Crippen LogP contribution in [0.15, 0.2) is 18.2 Å². The highest BCUT2D eigenvalue weighted by Gasteiger charge is 2.49. The number of benzene rings is 1. The van der Waals surface area contributed by atoms with Crippen LogP contribution >= 0.6 is 29.4 Å². The minimum Gasteiger partial charge on any atom is -0.332 e. The van der Waals surface area contributed by atoms with E-state index in [1.807, 2.05) is 0 Å². The SMILES string of the molecule is CCOP(=O)(OCC)C1CCC[C@H]2CC[C@@H](c3ccc(F)c(F)c3)N2C1=O.C[Si](C)(C)I. The molecule has 0 spiro atoms. The first kappa shape index (κ1) is 27.9. The van der Waals surface area contributed by atoms with Crippen LogP contribution in [0.3, 0.4) is 0 Å². The molecule has 3 rings (SSSR count). The van der Waals surface area contributed by atoms with Crippen molar-refractivity contribution in [1.82, 2.24) is 4.90 Å². The first-order chi connectivity index (χ1) is 14.9. The number of hydrogen-bond donors (Lipinski definition) is 0. The number of halogens is 3. The van der Waals surface area contributed by atoms with Crippen molar-refractivity contribution in [1.29, 1.82) is 0 Å². The monoisotopic (exact) mass is 601 g/mol. The van der Waals surface area contributed by atoms with Crippen LogP contribution in [0.1, 0.15) is 57.6 Å². The van der Waals surface area contributed by atoms with E-state index in [2.05, 4.69) is 41.4 Å². The van der Waals surface area contributed by atoms with Gasteiger partial charge in [0.2, 0.25) is 5.91 Å². The average Bonchev–Trinajstić information content (AvgIpc) is 3.02. The molecule has 0 aromatic heterocycles. The molecule has 0 aliphatic carbocycles. The predicted molar refractivity (Wildman–Crippen MR) is 135 cm³/mol. The standard InChI is InChI=1S/C19H26F2NO4P.C3H9ISi/c1-3-25-27(24,26-4-2)18-7-5-6-14-9-11-17(22(14)19(18)23)13-8-10-15(20)16(21)12-13;1-5(2,3)4/h8,10,12,14,17-18H,3-7,9,11H2,1-2H3;1-3H3/t14-,17-,18?;/m0./s1. The lowest BCUT2D eigenvalue weighted by Gasteiger charge is -2.33. The molecule has 182 valence electrons. The van der Waals surface area contributed by atoms with Crippen molar-refractivity contribution in [3.05, 3.63) is 35.4 Å². The van der Waals surface area contributed by atoms with Gasteiger partial charge in [-0.25, -0.2) is 8.78 Å². The first-order valence-electron chi connectivity index (χ1n) is 11.3. The summed E-state index contributed by atoms with van der Waals surface area (Å²) < 4.78 is 51.2. The Kier molecular flexibility index (Phi) is 10.3. The van der Waals surface area contributed by atoms with E-state index < -0.39 is 30.5 Å². The molecular formula is C22H35F2INO4PSi. The zero-order chi connectivity index (χ0) is 24.1. The molecule has 0 saturated carbocycles. The lowest BCUT2D eigenvalue weighted by atomic mass is 10.0. The Labute approximate surface area is 204 Å². The molecule has 1 aromatic carbocycles. The molecule has 1 aromatic rings. The second-order valence-electron chi connectivity index (χ2n) is 9.06. The maximum atomic E-state index is 13.7. The normalized spacial score (nSPS) is 23.9. The van der Waals surface area contributed by atoms with E-state index in [9.17, 15) is 18.1 Å². The number of rotatable bonds is 6. The smallest absolute Gasteiger partial charge is 0.332 e. The maximum Gasteiger partial charge on any atom is 0.343 e. The van der Waals surface area contributed by atoms with Gasteiger partial charge in [-0.15, -0.1) is 21.8 Å². The van der Waals surface area contributed by atoms with E-state index in [0.29, 0.717) is 18.4 Å². The van der Waals surface area contributed by atoms with Crippen LogP contribution in [-0.4, -0.2) is 41.3 Å². The van der Waals surface area contributed by atoms with Gasteiger partial charge in [0.15, 0.2) is 11.6 Å². The van der Waals surface area contributed by atoms with Gasteiger partial charge < -0.3 is 13.9 Å². The lowest BCUT2D eigenvalue weighted by molar-refractivity contribution is -0.133. The third-order valence-electron chi connectivity index (χ3n) is 5.39. The van der Waals surface area contributed by atoms with E-state index in [1.165, 1.54) is 6.07 Å². The van der Waals surface area contributed by atoms with Crippen molar-refractivity contribution in [2.24, 2.45) is 0 Å². The maximum absolute atomic E-state index is 13.7. The number of fused-ring (bicyclic) bond motifs is 1. The van der Waals surface area contributed by atoms with E-state index >= 15 is 0 Å². The Balaban J connectivity index is 0.000000654. The van der Waals surface area contributed by atoms with E-state index in [-0.39, 0.29) is 31.2 Å². The quantitative estimate of drug-likeness (QED) is 0.152. The molecule has 10 heteroatoms. The Morgan fingerprint density at radius 1 is 1.06 bits per heavy atom. The molecule has 32 heavy (non-hydrogen) atoms. The van der Waals surface area contributed by atoms with Crippen LogP contribution in [0.25, 0.3) is 0 Å². The molecular weight excluding hydrogens is 566 g/mol. The summed E-state index contributed by atoms with van der Waals surface area (Å²) in [6.45, 7) is 10.8. The summed E-state index contributed by atoms with van der Waals surface area (Å²) in [6.07, 6.45) is 3.43. The van der Waals surface area contributed by atoms with Gasteiger partial charge in [-0.2, -0.15) is 0 Å². The molecule has 2 saturated heterocycles. The highest BCUT2D eigenvalue weighted by atomic mass is 127. The molecule has 1 unspecified atom stereocenters. The fourth-order valence-electron chi connectivity index (χ4n) is 4.26. The average molecular weight is 601 g/mol. The molecule has 2 aliphatic heterocycles. The van der Waals surface area contributed by atoms with Crippen molar-refractivity contribution >= 4 is 40.9 Å². The van der Waals surface area contributed by atoms with Crippen molar-refractivity contribution < 1.29 is 27.2 Å². The largest absolute Gasteiger partial charge is 0.343 e. The van der Waals surface area contributed by atoms with Gasteiger partial charge in [0.25, 0.3) is 0 Å². The molecule has 0 N–H and O–H groups in total. The summed E-state index contributed by atoms with van der Waals surface area (Å²) >= 11 is 2.52. The van der Waals surface area contributed by atoms with Crippen molar-refractivity contribution in [3.63, 3.8) is 0 Å². The third-order valence-corrected chi connectivity index (χ3v) is 7.86. The topological polar surface area (TPSA) is 55.8 Å². The second-order valence-corrected chi connectivity index (χ2v) is 25.1. The molecule has 2 aliphatic rings. The molecule has 5 nitrogen and oxygen atoms in total. The zero-order valence-corrected chi connectivity index (χ0v) is 23.6. The summed E-state index contributed by atoms with van der Waals surface area (Å²) in [5.74, 6) is -2.11. The predicted octanol–water partition coefficient (Wildman–Crippen LogP) is 7.07. The van der Waals surface area contributed by atoms with E-state index in [1.54, 1.807) is 18.7 Å². The number of hydrogen-bond acceptors (Lipinski definition) is 4. The molecule has 0 radical (unpaired) electrons. The fraction of sp³-hybridized carbons (Fsp3) is 0.682. The number of carbonyl (C=O) groups is 1. The van der Waals surface area contributed by atoms with Crippen molar-refractivity contribution in [3.8, 4) is 0 Å². The van der Waals surface area contributed by atoms with Gasteiger partial charge in [-0.1, -0.05) is 25.7 Å². The Morgan fingerprint density at radius 2 is 1.66 bits per heavy atom. The Bertz CT molecular complexity index is 823. The van der Waals surface area contributed by atoms with Crippen LogP contribution in [0.4, 0.5) is 8.78 Å². The van der Waals surface area contributed by atoms with Crippen LogP contribution < -0.4 is 0 Å². The second kappa shape index (κ2) is 11.9. The highest BCUT2D eigenvalue weighted by molar-refractivity contribution is 14.1. The summed E-state index contributed by atoms with van der Waals surface area (Å²) in [6, 6.07) is 3.42. The Morgan fingerprint density at radius 3 is 2.19 bits per heavy atom. The minimum absolute atomic E-state index is 0.0114. The summed E-state index contributed by atoms with van der Waals surface area (Å²) in [5.41, 5.74) is -0.932. The van der Waals surface area contributed by atoms with E-state index in [4.69, 9.17) is 9.05 Å². The fourth-order valence-corrected chi connectivity index (χ4v) is 6.32. The van der Waals surface area contributed by atoms with Gasteiger partial charge in [-0.05, 0) is 63.6 Å². The van der Waals surface area contributed by atoms with Gasteiger partial charge in [0.05, 0.1) is 19.3 Å². The lowest BCUT2D eigenvalue weighted by Crippen LogP contribution is -2.41. The van der Waals surface area contributed by atoms with Gasteiger partial charge in [-0.3, -0.25) is 9.36 Å². The highest BCUT2D eigenvalue weighted by Crippen LogP contribution is 2.57. The van der Waals surface area contributed by atoms with Crippen LogP contribution in [0.5, 0.6) is 0 Å². The minimum atomic E-state index is -3.59. The van der Waals surface area contributed by atoms with Gasteiger partial charge >= 0.3 is 7.60 Å². The third kappa shape index (κ3) is 7.32. The summed E-state index contributed by atoms with van der Waals surface area (Å²) in [7, 11) is -3.59. The van der Waals surface area contributed by atoms with Crippen LogP contribution in [0.2, 0.25) is 19.6 Å². The zero-order valence-electron chi connectivity index (χ0n) is 19.6. The number of carbonyl (C=O) groups excluding carboxylic acids is 1. The molecule has 2 fully saturated rings. The summed E-state index contributed by atoms with van der Waals surface area (Å²) in [5, 5.41) is 0.